The van der Waals surface area contributed by atoms with E-state index < -0.39 is 5.97 Å². The quantitative estimate of drug-likeness (QED) is 0.239. The Bertz CT molecular complexity index is 1260. The van der Waals surface area contributed by atoms with Crippen LogP contribution in [0.5, 0.6) is 11.5 Å². The first-order chi connectivity index (χ1) is 15.4. The zero-order valence-corrected chi connectivity index (χ0v) is 20.7. The summed E-state index contributed by atoms with van der Waals surface area (Å²) in [5.74, 6) is 0.698. The highest BCUT2D eigenvalue weighted by atomic mass is 79.9. The number of hydrogen-bond acceptors (Lipinski definition) is 5. The molecule has 0 fully saturated rings. The first-order valence-corrected chi connectivity index (χ1v) is 11.4. The van der Waals surface area contributed by atoms with Gasteiger partial charge in [-0.2, -0.15) is 0 Å². The van der Waals surface area contributed by atoms with Crippen LogP contribution in [-0.2, 0) is 16.1 Å². The summed E-state index contributed by atoms with van der Waals surface area (Å²) >= 11 is 13.2. The molecule has 0 bridgehead atoms. The van der Waals surface area contributed by atoms with E-state index in [1.54, 1.807) is 43.5 Å². The van der Waals surface area contributed by atoms with E-state index in [-0.39, 0.29) is 11.6 Å². The van der Waals surface area contributed by atoms with Gasteiger partial charge in [0.05, 0.1) is 22.2 Å². The smallest absolute Gasteiger partial charge is 0.363 e. The number of cyclic esters (lactones) is 1. The van der Waals surface area contributed by atoms with Gasteiger partial charge in [0.2, 0.25) is 5.90 Å². The van der Waals surface area contributed by atoms with Gasteiger partial charge in [0.1, 0.15) is 6.61 Å². The highest BCUT2D eigenvalue weighted by molar-refractivity contribution is 9.10. The van der Waals surface area contributed by atoms with Crippen LogP contribution in [0.2, 0.25) is 5.02 Å². The molecule has 8 heteroatoms. The predicted molar refractivity (Wildman–Crippen MR) is 131 cm³/mol. The highest BCUT2D eigenvalue weighted by Crippen LogP contribution is 2.38. The normalized spacial score (nSPS) is 14.3. The van der Waals surface area contributed by atoms with Crippen LogP contribution in [-0.4, -0.2) is 19.0 Å². The van der Waals surface area contributed by atoms with E-state index in [4.69, 9.17) is 25.8 Å². The molecule has 0 spiro atoms. The van der Waals surface area contributed by atoms with Gasteiger partial charge in [0.25, 0.3) is 0 Å². The van der Waals surface area contributed by atoms with Crippen molar-refractivity contribution in [1.29, 1.82) is 0 Å². The van der Waals surface area contributed by atoms with Gasteiger partial charge in [0.15, 0.2) is 17.2 Å². The lowest BCUT2D eigenvalue weighted by atomic mass is 10.1. The Morgan fingerprint density at radius 3 is 2.66 bits per heavy atom. The third kappa shape index (κ3) is 5.06. The molecule has 0 saturated carbocycles. The number of hydrogen-bond donors (Lipinski definition) is 0. The molecule has 0 N–H and O–H groups in total. The van der Waals surface area contributed by atoms with E-state index in [1.807, 2.05) is 30.3 Å². The molecule has 32 heavy (non-hydrogen) atoms. The van der Waals surface area contributed by atoms with Crippen LogP contribution in [0.3, 0.4) is 0 Å². The second kappa shape index (κ2) is 9.90. The lowest BCUT2D eigenvalue weighted by molar-refractivity contribution is -0.129. The van der Waals surface area contributed by atoms with Gasteiger partial charge in [-0.15, -0.1) is 0 Å². The summed E-state index contributed by atoms with van der Waals surface area (Å²) in [5, 5.41) is 0.455. The molecule has 1 heterocycles. The number of carbonyl (C=O) groups is 1. The molecule has 0 atom stereocenters. The minimum atomic E-state index is -0.551. The number of rotatable bonds is 6. The van der Waals surface area contributed by atoms with Crippen LogP contribution >= 0.6 is 43.5 Å². The van der Waals surface area contributed by atoms with E-state index >= 15 is 0 Å². The Morgan fingerprint density at radius 2 is 1.91 bits per heavy atom. The van der Waals surface area contributed by atoms with Crippen LogP contribution in [0, 0.1) is 0 Å². The van der Waals surface area contributed by atoms with E-state index in [9.17, 15) is 4.79 Å². The zero-order valence-electron chi connectivity index (χ0n) is 16.8. The van der Waals surface area contributed by atoms with E-state index in [2.05, 4.69) is 36.9 Å². The van der Waals surface area contributed by atoms with E-state index in [0.717, 1.165) is 10.0 Å². The van der Waals surface area contributed by atoms with Crippen molar-refractivity contribution >= 4 is 61.4 Å². The molecule has 0 unspecified atom stereocenters. The van der Waals surface area contributed by atoms with E-state index in [1.165, 1.54) is 0 Å². The average Bonchev–Trinajstić information content (AvgIpc) is 3.13. The Balaban J connectivity index is 1.60. The first kappa shape index (κ1) is 22.6. The number of ether oxygens (including phenoxy) is 3. The van der Waals surface area contributed by atoms with Crippen molar-refractivity contribution in [3.63, 3.8) is 0 Å². The summed E-state index contributed by atoms with van der Waals surface area (Å²) in [7, 11) is 1.56. The minimum Gasteiger partial charge on any atom is -0.493 e. The number of esters is 1. The SMILES string of the molecule is COc1cc(/C=C2\N=C(c3ccccc3Cl)OC2=O)cc(Br)c1OCc1cccc(Br)c1. The molecule has 1 aliphatic heterocycles. The van der Waals surface area contributed by atoms with Crippen molar-refractivity contribution in [2.75, 3.05) is 7.11 Å². The van der Waals surface area contributed by atoms with Gasteiger partial charge in [-0.25, -0.2) is 9.79 Å². The van der Waals surface area contributed by atoms with Gasteiger partial charge in [-0.3, -0.25) is 0 Å². The van der Waals surface area contributed by atoms with Crippen molar-refractivity contribution in [3.05, 3.63) is 97.0 Å². The average molecular weight is 578 g/mol. The Kier molecular flexibility index (Phi) is 6.98. The van der Waals surface area contributed by atoms with Gasteiger partial charge in [-0.05, 0) is 69.5 Å². The van der Waals surface area contributed by atoms with Crippen LogP contribution in [0.4, 0.5) is 0 Å². The van der Waals surface area contributed by atoms with Crippen molar-refractivity contribution in [2.24, 2.45) is 4.99 Å². The van der Waals surface area contributed by atoms with Crippen LogP contribution < -0.4 is 9.47 Å². The summed E-state index contributed by atoms with van der Waals surface area (Å²) in [6.07, 6.45) is 1.62. The third-order valence-corrected chi connectivity index (χ3v) is 5.96. The zero-order chi connectivity index (χ0) is 22.7. The van der Waals surface area contributed by atoms with Gasteiger partial charge < -0.3 is 14.2 Å². The van der Waals surface area contributed by atoms with Crippen LogP contribution in [0.1, 0.15) is 16.7 Å². The number of carbonyl (C=O) groups excluding carboxylic acids is 1. The first-order valence-electron chi connectivity index (χ1n) is 9.47. The lowest BCUT2D eigenvalue weighted by Crippen LogP contribution is -2.05. The molecule has 0 saturated heterocycles. The van der Waals surface area contributed by atoms with Gasteiger partial charge >= 0.3 is 5.97 Å². The third-order valence-electron chi connectivity index (χ3n) is 4.55. The minimum absolute atomic E-state index is 0.164. The molecule has 5 nitrogen and oxygen atoms in total. The molecule has 0 amide bonds. The number of methoxy groups -OCH3 is 1. The predicted octanol–water partition coefficient (Wildman–Crippen LogP) is 6.80. The maximum Gasteiger partial charge on any atom is 0.363 e. The topological polar surface area (TPSA) is 57.1 Å². The maximum atomic E-state index is 12.3. The molecular formula is C24H16Br2ClNO4. The number of nitrogens with zero attached hydrogens (tertiary/aromatic N) is 1. The summed E-state index contributed by atoms with van der Waals surface area (Å²) < 4.78 is 18.5. The Morgan fingerprint density at radius 1 is 1.09 bits per heavy atom. The molecule has 0 aromatic heterocycles. The number of aliphatic imine (C=N–C) groups is 1. The largest absolute Gasteiger partial charge is 0.493 e. The lowest BCUT2D eigenvalue weighted by Gasteiger charge is -2.14. The summed E-state index contributed by atoms with van der Waals surface area (Å²) in [4.78, 5) is 16.7. The molecular weight excluding hydrogens is 562 g/mol. The molecule has 4 rings (SSSR count). The van der Waals surface area contributed by atoms with E-state index in [0.29, 0.717) is 38.7 Å². The summed E-state index contributed by atoms with van der Waals surface area (Å²) in [6, 6.07) is 18.5. The van der Waals surface area contributed by atoms with Gasteiger partial charge in [-0.1, -0.05) is 51.8 Å². The Hall–Kier alpha value is -2.61. The standard InChI is InChI=1S/C24H16Br2ClNO4/c1-30-21-12-15(10-18(26)22(21)31-13-14-5-4-6-16(25)9-14)11-20-24(29)32-23(28-20)17-7-2-3-8-19(17)27/h2-12H,13H2,1H3/b20-11-. The monoisotopic (exact) mass is 575 g/mol. The van der Waals surface area contributed by atoms with Crippen LogP contribution in [0.15, 0.2) is 80.3 Å². The highest BCUT2D eigenvalue weighted by Gasteiger charge is 2.25. The van der Waals surface area contributed by atoms with Crippen molar-refractivity contribution in [2.45, 2.75) is 6.61 Å². The molecule has 1 aliphatic rings. The summed E-state index contributed by atoms with van der Waals surface area (Å²) in [6.45, 7) is 0.368. The van der Waals surface area contributed by atoms with Crippen LogP contribution in [0.25, 0.3) is 6.08 Å². The molecule has 3 aromatic rings. The second-order valence-electron chi connectivity index (χ2n) is 6.77. The summed E-state index contributed by atoms with van der Waals surface area (Å²) in [5.41, 5.74) is 2.42. The molecule has 0 radical (unpaired) electrons. The second-order valence-corrected chi connectivity index (χ2v) is 8.95. The fourth-order valence-electron chi connectivity index (χ4n) is 3.06. The number of halogens is 3. The fraction of sp³-hybridized carbons (Fsp3) is 0.0833. The van der Waals surface area contributed by atoms with Crippen molar-refractivity contribution < 1.29 is 19.0 Å². The van der Waals surface area contributed by atoms with Crippen molar-refractivity contribution in [3.8, 4) is 11.5 Å². The Labute approximate surface area is 206 Å². The fourth-order valence-corrected chi connectivity index (χ4v) is 4.30. The number of benzene rings is 3. The molecule has 162 valence electrons. The molecule has 0 aliphatic carbocycles. The van der Waals surface area contributed by atoms with Crippen molar-refractivity contribution in [1.82, 2.24) is 0 Å². The maximum absolute atomic E-state index is 12.3. The molecule has 3 aromatic carbocycles. The van der Waals surface area contributed by atoms with Gasteiger partial charge in [0, 0.05) is 4.47 Å².